The third kappa shape index (κ3) is 4.06. The molecule has 1 aromatic rings. The third-order valence-corrected chi connectivity index (χ3v) is 3.35. The van der Waals surface area contributed by atoms with Crippen LogP contribution in [0.5, 0.6) is 0 Å². The van der Waals surface area contributed by atoms with Crippen molar-refractivity contribution in [1.29, 1.82) is 0 Å². The Morgan fingerprint density at radius 2 is 1.95 bits per heavy atom. The quantitative estimate of drug-likeness (QED) is 0.868. The predicted octanol–water partition coefficient (Wildman–Crippen LogP) is 1.86. The molecule has 2 heterocycles. The lowest BCUT2D eigenvalue weighted by Gasteiger charge is -2.19. The number of anilines is 2. The molecule has 0 unspecified atom stereocenters. The minimum Gasteiger partial charge on any atom is -0.384 e. The Morgan fingerprint density at radius 1 is 1.26 bits per heavy atom. The number of likely N-dealkylation sites (tertiary alicyclic amines) is 1. The molecule has 0 aromatic carbocycles. The lowest BCUT2D eigenvalue weighted by atomic mass is 9.96. The Labute approximate surface area is 115 Å². The van der Waals surface area contributed by atoms with Gasteiger partial charge in [0.1, 0.15) is 17.5 Å². The summed E-state index contributed by atoms with van der Waals surface area (Å²) in [5, 5.41) is 3.35. The van der Waals surface area contributed by atoms with Crippen molar-refractivity contribution < 1.29 is 0 Å². The average Bonchev–Trinajstić information content (AvgIpc) is 2.80. The van der Waals surface area contributed by atoms with Crippen LogP contribution in [0.1, 0.15) is 39.4 Å². The molecule has 1 aliphatic rings. The van der Waals surface area contributed by atoms with Crippen LogP contribution >= 0.6 is 0 Å². The highest BCUT2D eigenvalue weighted by atomic mass is 15.2. The molecule has 0 bridgehead atoms. The van der Waals surface area contributed by atoms with Crippen LogP contribution in [0.25, 0.3) is 0 Å². The Kier molecular flexibility index (Phi) is 4.24. The first-order valence-corrected chi connectivity index (χ1v) is 7.06. The second-order valence-electron chi connectivity index (χ2n) is 6.23. The van der Waals surface area contributed by atoms with E-state index in [0.717, 1.165) is 24.7 Å². The summed E-state index contributed by atoms with van der Waals surface area (Å²) in [7, 11) is 0. The van der Waals surface area contributed by atoms with Crippen molar-refractivity contribution >= 4 is 11.6 Å². The van der Waals surface area contributed by atoms with Crippen molar-refractivity contribution in [3.05, 3.63) is 11.9 Å². The molecule has 106 valence electrons. The van der Waals surface area contributed by atoms with E-state index >= 15 is 0 Å². The molecule has 1 aliphatic heterocycles. The molecular weight excluding hydrogens is 238 g/mol. The summed E-state index contributed by atoms with van der Waals surface area (Å²) in [5.41, 5.74) is 5.77. The van der Waals surface area contributed by atoms with Crippen LogP contribution in [0.4, 0.5) is 11.6 Å². The van der Waals surface area contributed by atoms with E-state index in [-0.39, 0.29) is 5.41 Å². The summed E-state index contributed by atoms with van der Waals surface area (Å²) in [6.07, 6.45) is 2.66. The van der Waals surface area contributed by atoms with Crippen molar-refractivity contribution in [2.45, 2.75) is 39.0 Å². The first-order valence-electron chi connectivity index (χ1n) is 7.06. The number of hydrogen-bond acceptors (Lipinski definition) is 5. The van der Waals surface area contributed by atoms with Gasteiger partial charge in [-0.25, -0.2) is 9.97 Å². The van der Waals surface area contributed by atoms with E-state index in [0.29, 0.717) is 5.82 Å². The largest absolute Gasteiger partial charge is 0.384 e. The summed E-state index contributed by atoms with van der Waals surface area (Å²) in [6.45, 7) is 10.7. The Morgan fingerprint density at radius 3 is 2.58 bits per heavy atom. The first kappa shape index (κ1) is 14.1. The molecule has 0 spiro atoms. The number of aromatic nitrogens is 2. The predicted molar refractivity (Wildman–Crippen MR) is 79.3 cm³/mol. The highest BCUT2D eigenvalue weighted by Crippen LogP contribution is 2.21. The van der Waals surface area contributed by atoms with Gasteiger partial charge < -0.3 is 16.0 Å². The fourth-order valence-electron chi connectivity index (χ4n) is 2.24. The smallest absolute Gasteiger partial charge is 0.138 e. The molecule has 3 N–H and O–H groups in total. The lowest BCUT2D eigenvalue weighted by Crippen LogP contribution is -2.26. The van der Waals surface area contributed by atoms with Crippen molar-refractivity contribution in [3.8, 4) is 0 Å². The summed E-state index contributed by atoms with van der Waals surface area (Å²) in [6, 6.07) is 1.80. The molecular formula is C14H25N5. The minimum absolute atomic E-state index is 0.0826. The molecule has 0 saturated carbocycles. The molecule has 1 saturated heterocycles. The van der Waals surface area contributed by atoms with E-state index in [1.54, 1.807) is 6.07 Å². The zero-order valence-corrected chi connectivity index (χ0v) is 12.2. The highest BCUT2D eigenvalue weighted by molar-refractivity contribution is 5.45. The van der Waals surface area contributed by atoms with Crippen LogP contribution in [0.2, 0.25) is 0 Å². The number of nitrogens with zero attached hydrogens (tertiary/aromatic N) is 3. The molecule has 2 rings (SSSR count). The minimum atomic E-state index is -0.0826. The normalized spacial score (nSPS) is 16.8. The summed E-state index contributed by atoms with van der Waals surface area (Å²) < 4.78 is 0. The van der Waals surface area contributed by atoms with Gasteiger partial charge in [-0.1, -0.05) is 20.8 Å². The maximum Gasteiger partial charge on any atom is 0.138 e. The monoisotopic (exact) mass is 263 g/mol. The molecule has 1 aromatic heterocycles. The van der Waals surface area contributed by atoms with E-state index < -0.39 is 0 Å². The maximum absolute atomic E-state index is 5.85. The molecule has 0 radical (unpaired) electrons. The number of nitrogen functional groups attached to an aromatic ring is 1. The fourth-order valence-corrected chi connectivity index (χ4v) is 2.24. The van der Waals surface area contributed by atoms with Gasteiger partial charge in [0.15, 0.2) is 0 Å². The lowest BCUT2D eigenvalue weighted by molar-refractivity contribution is 0.352. The fraction of sp³-hybridized carbons (Fsp3) is 0.714. The van der Waals surface area contributed by atoms with Gasteiger partial charge in [-0.2, -0.15) is 0 Å². The summed E-state index contributed by atoms with van der Waals surface area (Å²) in [4.78, 5) is 11.3. The van der Waals surface area contributed by atoms with Gasteiger partial charge in [0.25, 0.3) is 0 Å². The van der Waals surface area contributed by atoms with Crippen molar-refractivity contribution in [1.82, 2.24) is 14.9 Å². The van der Waals surface area contributed by atoms with Gasteiger partial charge in [-0.3, -0.25) is 0 Å². The van der Waals surface area contributed by atoms with Crippen LogP contribution in [0, 0.1) is 0 Å². The van der Waals surface area contributed by atoms with Crippen LogP contribution in [-0.4, -0.2) is 41.0 Å². The summed E-state index contributed by atoms with van der Waals surface area (Å²) in [5.74, 6) is 2.15. The van der Waals surface area contributed by atoms with E-state index in [2.05, 4.69) is 41.0 Å². The standard InChI is InChI=1S/C14H25N5/c1-14(2,3)13-17-11(15)10-12(18-13)16-6-9-19-7-4-5-8-19/h10H,4-9H2,1-3H3,(H3,15,16,17,18). The average molecular weight is 263 g/mol. The van der Waals surface area contributed by atoms with Crippen molar-refractivity contribution in [2.24, 2.45) is 0 Å². The Balaban J connectivity index is 1.94. The Hall–Kier alpha value is -1.36. The van der Waals surface area contributed by atoms with Crippen molar-refractivity contribution in [2.75, 3.05) is 37.2 Å². The number of hydrogen-bond donors (Lipinski definition) is 2. The second-order valence-corrected chi connectivity index (χ2v) is 6.23. The van der Waals surface area contributed by atoms with Gasteiger partial charge in [-0.05, 0) is 25.9 Å². The van der Waals surface area contributed by atoms with Crippen LogP contribution in [-0.2, 0) is 5.41 Å². The van der Waals surface area contributed by atoms with Gasteiger partial charge in [0, 0.05) is 24.6 Å². The first-order chi connectivity index (χ1) is 8.95. The van der Waals surface area contributed by atoms with Crippen LogP contribution in [0.15, 0.2) is 6.07 Å². The molecule has 0 amide bonds. The second kappa shape index (κ2) is 5.74. The molecule has 5 heteroatoms. The molecule has 0 atom stereocenters. The molecule has 1 fully saturated rings. The zero-order chi connectivity index (χ0) is 13.9. The highest BCUT2D eigenvalue weighted by Gasteiger charge is 2.18. The van der Waals surface area contributed by atoms with E-state index in [9.17, 15) is 0 Å². The van der Waals surface area contributed by atoms with E-state index in [4.69, 9.17) is 5.73 Å². The van der Waals surface area contributed by atoms with E-state index in [1.165, 1.54) is 25.9 Å². The topological polar surface area (TPSA) is 67.1 Å². The summed E-state index contributed by atoms with van der Waals surface area (Å²) >= 11 is 0. The maximum atomic E-state index is 5.85. The SMILES string of the molecule is CC(C)(C)c1nc(N)cc(NCCN2CCCC2)n1. The molecule has 5 nitrogen and oxygen atoms in total. The Bertz CT molecular complexity index is 418. The molecule has 19 heavy (non-hydrogen) atoms. The van der Waals surface area contributed by atoms with Gasteiger partial charge >= 0.3 is 0 Å². The van der Waals surface area contributed by atoms with E-state index in [1.807, 2.05) is 0 Å². The van der Waals surface area contributed by atoms with Gasteiger partial charge in [0.05, 0.1) is 0 Å². The van der Waals surface area contributed by atoms with Crippen molar-refractivity contribution in [3.63, 3.8) is 0 Å². The molecule has 0 aliphatic carbocycles. The third-order valence-electron chi connectivity index (χ3n) is 3.35. The number of rotatable bonds is 4. The zero-order valence-electron chi connectivity index (χ0n) is 12.2. The van der Waals surface area contributed by atoms with Gasteiger partial charge in [-0.15, -0.1) is 0 Å². The van der Waals surface area contributed by atoms with Crippen LogP contribution < -0.4 is 11.1 Å². The number of nitrogens with two attached hydrogens (primary N) is 1. The van der Waals surface area contributed by atoms with Gasteiger partial charge in [0.2, 0.25) is 0 Å². The van der Waals surface area contributed by atoms with Crippen LogP contribution in [0.3, 0.4) is 0 Å². The number of nitrogens with one attached hydrogen (secondary N) is 1.